The first-order chi connectivity index (χ1) is 8.58. The van der Waals surface area contributed by atoms with Gasteiger partial charge in [0.25, 0.3) is 0 Å². The highest BCUT2D eigenvalue weighted by Gasteiger charge is 2.14. The number of hydrogen-bond donors (Lipinski definition) is 0. The van der Waals surface area contributed by atoms with E-state index < -0.39 is 0 Å². The van der Waals surface area contributed by atoms with Crippen molar-refractivity contribution in [1.82, 2.24) is 4.57 Å². The first kappa shape index (κ1) is 13.2. The molecule has 0 atom stereocenters. The minimum absolute atomic E-state index is 0.443. The van der Waals surface area contributed by atoms with Crippen LogP contribution in [0.3, 0.4) is 0 Å². The lowest BCUT2D eigenvalue weighted by atomic mass is 10.1. The van der Waals surface area contributed by atoms with Gasteiger partial charge in [-0.1, -0.05) is 19.9 Å². The molecule has 1 aromatic heterocycles. The average molecular weight is 260 g/mol. The molecule has 0 spiro atoms. The van der Waals surface area contributed by atoms with Crippen molar-refractivity contribution in [3.05, 3.63) is 30.0 Å². The summed E-state index contributed by atoms with van der Waals surface area (Å²) in [5, 5.41) is 1.28. The van der Waals surface area contributed by atoms with Crippen molar-refractivity contribution < 1.29 is 0 Å². The fraction of sp³-hybridized carbons (Fsp3) is 0.400. The van der Waals surface area contributed by atoms with Gasteiger partial charge in [0.05, 0.1) is 11.4 Å². The van der Waals surface area contributed by atoms with Crippen LogP contribution in [0, 0.1) is 5.92 Å². The fourth-order valence-electron chi connectivity index (χ4n) is 2.35. The second-order valence-corrected chi connectivity index (χ2v) is 5.66. The number of benzene rings is 1. The molecule has 0 amide bonds. The van der Waals surface area contributed by atoms with E-state index in [0.717, 1.165) is 0 Å². The van der Waals surface area contributed by atoms with Gasteiger partial charge in [-0.2, -0.15) is 0 Å². The molecular formula is C15H20N2S. The Balaban J connectivity index is 2.64. The maximum absolute atomic E-state index is 4.45. The average Bonchev–Trinajstić information content (AvgIpc) is 2.67. The van der Waals surface area contributed by atoms with Crippen LogP contribution in [0.2, 0.25) is 0 Å². The van der Waals surface area contributed by atoms with Crippen molar-refractivity contribution in [2.45, 2.75) is 18.7 Å². The number of hydrogen-bond acceptors (Lipinski definition) is 2. The minimum atomic E-state index is 0.443. The van der Waals surface area contributed by atoms with E-state index in [1.165, 1.54) is 27.2 Å². The standard InChI is InChI=1S/C15H20N2S/c1-10(2)15(16-3)14-8-11-6-7-12(18-5)9-13(11)17(14)4/h6-10H,1-5H3. The lowest BCUT2D eigenvalue weighted by Gasteiger charge is -2.10. The zero-order chi connectivity index (χ0) is 13.3. The van der Waals surface area contributed by atoms with Gasteiger partial charge in [0.1, 0.15) is 0 Å². The highest BCUT2D eigenvalue weighted by atomic mass is 32.2. The molecular weight excluding hydrogens is 240 g/mol. The Hall–Kier alpha value is -1.22. The van der Waals surface area contributed by atoms with Crippen LogP contribution in [0.25, 0.3) is 10.9 Å². The Labute approximate surface area is 113 Å². The first-order valence-electron chi connectivity index (χ1n) is 6.19. The summed E-state index contributed by atoms with van der Waals surface area (Å²) in [6.07, 6.45) is 2.11. The summed E-state index contributed by atoms with van der Waals surface area (Å²) >= 11 is 1.78. The monoisotopic (exact) mass is 260 g/mol. The Morgan fingerprint density at radius 2 is 2.00 bits per heavy atom. The van der Waals surface area contributed by atoms with Crippen molar-refractivity contribution >= 4 is 28.4 Å². The highest BCUT2D eigenvalue weighted by molar-refractivity contribution is 7.98. The Morgan fingerprint density at radius 3 is 2.56 bits per heavy atom. The van der Waals surface area contributed by atoms with Crippen LogP contribution in [0.5, 0.6) is 0 Å². The van der Waals surface area contributed by atoms with E-state index in [1.807, 2.05) is 7.05 Å². The first-order valence-corrected chi connectivity index (χ1v) is 7.41. The maximum atomic E-state index is 4.45. The number of fused-ring (bicyclic) bond motifs is 1. The molecule has 0 aliphatic carbocycles. The van der Waals surface area contributed by atoms with Crippen molar-refractivity contribution in [3.8, 4) is 0 Å². The molecule has 0 saturated carbocycles. The molecule has 0 aliphatic rings. The van der Waals surface area contributed by atoms with Crippen LogP contribution in [0.1, 0.15) is 19.5 Å². The topological polar surface area (TPSA) is 17.3 Å². The van der Waals surface area contributed by atoms with Gasteiger partial charge in [-0.3, -0.25) is 4.99 Å². The van der Waals surface area contributed by atoms with Gasteiger partial charge in [-0.05, 0) is 30.4 Å². The quantitative estimate of drug-likeness (QED) is 0.603. The number of nitrogens with zero attached hydrogens (tertiary/aromatic N) is 2. The summed E-state index contributed by atoms with van der Waals surface area (Å²) in [6.45, 7) is 4.38. The second-order valence-electron chi connectivity index (χ2n) is 4.78. The summed E-state index contributed by atoms with van der Waals surface area (Å²) in [6, 6.07) is 8.85. The minimum Gasteiger partial charge on any atom is -0.343 e. The number of aryl methyl sites for hydroxylation is 1. The zero-order valence-electron chi connectivity index (χ0n) is 11.7. The van der Waals surface area contributed by atoms with E-state index in [4.69, 9.17) is 0 Å². The summed E-state index contributed by atoms with van der Waals surface area (Å²) in [4.78, 5) is 5.75. The van der Waals surface area contributed by atoms with Crippen molar-refractivity contribution in [2.75, 3.05) is 13.3 Å². The number of rotatable bonds is 3. The molecule has 0 fully saturated rings. The molecule has 2 rings (SSSR count). The molecule has 96 valence electrons. The zero-order valence-corrected chi connectivity index (χ0v) is 12.5. The fourth-order valence-corrected chi connectivity index (χ4v) is 2.78. The molecule has 2 aromatic rings. The van der Waals surface area contributed by atoms with Crippen LogP contribution in [0.15, 0.2) is 34.2 Å². The Kier molecular flexibility index (Phi) is 3.81. The summed E-state index contributed by atoms with van der Waals surface area (Å²) in [5.74, 6) is 0.443. The lowest BCUT2D eigenvalue weighted by molar-refractivity contribution is 0.854. The predicted molar refractivity (Wildman–Crippen MR) is 82.0 cm³/mol. The molecule has 0 unspecified atom stereocenters. The van der Waals surface area contributed by atoms with Gasteiger partial charge >= 0.3 is 0 Å². The second kappa shape index (κ2) is 5.19. The SMILES string of the molecule is CN=C(c1cc2ccc(SC)cc2n1C)C(C)C. The predicted octanol–water partition coefficient (Wildman–Crippen LogP) is 3.98. The molecule has 3 heteroatoms. The van der Waals surface area contributed by atoms with Crippen LogP contribution in [0.4, 0.5) is 0 Å². The number of thioether (sulfide) groups is 1. The molecule has 1 heterocycles. The third-order valence-electron chi connectivity index (χ3n) is 3.30. The van der Waals surface area contributed by atoms with E-state index in [1.54, 1.807) is 11.8 Å². The molecule has 0 N–H and O–H groups in total. The van der Waals surface area contributed by atoms with E-state index >= 15 is 0 Å². The van der Waals surface area contributed by atoms with Gasteiger partial charge in [-0.25, -0.2) is 0 Å². The normalized spacial score (nSPS) is 12.7. The van der Waals surface area contributed by atoms with Crippen molar-refractivity contribution in [3.63, 3.8) is 0 Å². The molecule has 1 aromatic carbocycles. The molecule has 0 bridgehead atoms. The number of aromatic nitrogens is 1. The van der Waals surface area contributed by atoms with Gasteiger partial charge in [-0.15, -0.1) is 11.8 Å². The van der Waals surface area contributed by atoms with Gasteiger partial charge in [0.15, 0.2) is 0 Å². The van der Waals surface area contributed by atoms with E-state index in [-0.39, 0.29) is 0 Å². The van der Waals surface area contributed by atoms with E-state index in [9.17, 15) is 0 Å². The van der Waals surface area contributed by atoms with Gasteiger partial charge < -0.3 is 4.57 Å². The Morgan fingerprint density at radius 1 is 1.28 bits per heavy atom. The van der Waals surface area contributed by atoms with Crippen LogP contribution in [-0.2, 0) is 7.05 Å². The summed E-state index contributed by atoms with van der Waals surface area (Å²) in [5.41, 5.74) is 3.67. The van der Waals surface area contributed by atoms with Crippen molar-refractivity contribution in [2.24, 2.45) is 18.0 Å². The summed E-state index contributed by atoms with van der Waals surface area (Å²) < 4.78 is 2.25. The third kappa shape index (κ3) is 2.19. The Bertz CT molecular complexity index is 594. The highest BCUT2D eigenvalue weighted by Crippen LogP contribution is 2.25. The molecule has 18 heavy (non-hydrogen) atoms. The molecule has 0 aliphatic heterocycles. The molecule has 2 nitrogen and oxygen atoms in total. The van der Waals surface area contributed by atoms with Crippen LogP contribution < -0.4 is 0 Å². The largest absolute Gasteiger partial charge is 0.343 e. The van der Waals surface area contributed by atoms with Gasteiger partial charge in [0.2, 0.25) is 0 Å². The van der Waals surface area contributed by atoms with Crippen molar-refractivity contribution in [1.29, 1.82) is 0 Å². The number of aliphatic imine (C=N–C) groups is 1. The van der Waals surface area contributed by atoms with E-state index in [2.05, 4.69) is 61.0 Å². The molecule has 0 saturated heterocycles. The summed E-state index contributed by atoms with van der Waals surface area (Å²) in [7, 11) is 4.00. The maximum Gasteiger partial charge on any atom is 0.0631 e. The third-order valence-corrected chi connectivity index (χ3v) is 4.03. The smallest absolute Gasteiger partial charge is 0.0631 e. The van der Waals surface area contributed by atoms with Gasteiger partial charge in [0, 0.05) is 29.9 Å². The van der Waals surface area contributed by atoms with E-state index in [0.29, 0.717) is 5.92 Å². The van der Waals surface area contributed by atoms with Crippen LogP contribution in [-0.4, -0.2) is 23.6 Å². The van der Waals surface area contributed by atoms with Crippen LogP contribution >= 0.6 is 11.8 Å². The lowest BCUT2D eigenvalue weighted by Crippen LogP contribution is -2.13. The molecule has 0 radical (unpaired) electrons.